The zero-order valence-electron chi connectivity index (χ0n) is 9.32. The lowest BCUT2D eigenvalue weighted by molar-refractivity contribution is -0.00464. The minimum absolute atomic E-state index is 0.348. The van der Waals surface area contributed by atoms with Gasteiger partial charge in [0.1, 0.15) is 5.75 Å². The average molecular weight is 286 g/mol. The number of hydrogen-bond acceptors (Lipinski definition) is 3. The normalized spacial score (nSPS) is 22.2. The fraction of sp³-hybridized carbons (Fsp3) is 0.500. The van der Waals surface area contributed by atoms with E-state index in [0.717, 1.165) is 36.3 Å². The van der Waals surface area contributed by atoms with Gasteiger partial charge < -0.3 is 9.84 Å². The smallest absolute Gasteiger partial charge is 0.134 e. The molecule has 1 N–H and O–H groups in total. The summed E-state index contributed by atoms with van der Waals surface area (Å²) in [6, 6.07) is 6.17. The third kappa shape index (κ3) is 2.56. The Morgan fingerprint density at radius 1 is 1.56 bits per heavy atom. The molecule has 1 aliphatic heterocycles. The maximum absolute atomic E-state index is 9.91. The minimum atomic E-state index is 0.348. The van der Waals surface area contributed by atoms with E-state index < -0.39 is 0 Å². The van der Waals surface area contributed by atoms with Crippen molar-refractivity contribution in [2.75, 3.05) is 19.8 Å². The molecule has 16 heavy (non-hydrogen) atoms. The Morgan fingerprint density at radius 2 is 2.38 bits per heavy atom. The van der Waals surface area contributed by atoms with E-state index in [1.807, 2.05) is 18.2 Å². The van der Waals surface area contributed by atoms with Gasteiger partial charge in [0.15, 0.2) is 0 Å². The summed E-state index contributed by atoms with van der Waals surface area (Å²) in [5.41, 5.74) is 0.961. The highest BCUT2D eigenvalue weighted by Crippen LogP contribution is 2.28. The summed E-state index contributed by atoms with van der Waals surface area (Å²) >= 11 is 3.33. The molecular weight excluding hydrogens is 270 g/mol. The molecule has 3 nitrogen and oxygen atoms in total. The molecule has 1 heterocycles. The van der Waals surface area contributed by atoms with Gasteiger partial charge in [0, 0.05) is 24.7 Å². The zero-order valence-corrected chi connectivity index (χ0v) is 10.9. The first-order chi connectivity index (χ1) is 7.68. The molecule has 4 heteroatoms. The molecule has 88 valence electrons. The Labute approximate surface area is 104 Å². The van der Waals surface area contributed by atoms with Crippen molar-refractivity contribution in [3.8, 4) is 5.75 Å². The van der Waals surface area contributed by atoms with E-state index >= 15 is 0 Å². The van der Waals surface area contributed by atoms with Gasteiger partial charge in [-0.2, -0.15) is 0 Å². The number of phenolic OH excluding ortho intramolecular Hbond substituents is 1. The molecule has 0 amide bonds. The van der Waals surface area contributed by atoms with E-state index in [0.29, 0.717) is 11.8 Å². The Morgan fingerprint density at radius 3 is 3.12 bits per heavy atom. The summed E-state index contributed by atoms with van der Waals surface area (Å²) in [5, 5.41) is 9.91. The molecule has 0 aliphatic carbocycles. The Bertz CT molecular complexity index is 370. The summed E-state index contributed by atoms with van der Waals surface area (Å²) in [7, 11) is 0. The Kier molecular flexibility index (Phi) is 3.84. The van der Waals surface area contributed by atoms with Crippen molar-refractivity contribution in [2.24, 2.45) is 0 Å². The lowest BCUT2D eigenvalue weighted by Crippen LogP contribution is -2.42. The zero-order chi connectivity index (χ0) is 11.5. The summed E-state index contributed by atoms with van der Waals surface area (Å²) in [6.07, 6.45) is 0. The SMILES string of the molecule is CC1COCCN1Cc1cccc(Br)c1O. The first-order valence-corrected chi connectivity index (χ1v) is 6.26. The van der Waals surface area contributed by atoms with E-state index in [-0.39, 0.29) is 0 Å². The molecule has 0 radical (unpaired) electrons. The predicted molar refractivity (Wildman–Crippen MR) is 66.5 cm³/mol. The molecule has 1 unspecified atom stereocenters. The molecular formula is C12H16BrNO2. The van der Waals surface area contributed by atoms with Gasteiger partial charge >= 0.3 is 0 Å². The second kappa shape index (κ2) is 5.17. The van der Waals surface area contributed by atoms with Crippen molar-refractivity contribution in [3.63, 3.8) is 0 Å². The van der Waals surface area contributed by atoms with Crippen LogP contribution < -0.4 is 0 Å². The second-order valence-electron chi connectivity index (χ2n) is 4.14. The molecule has 0 aromatic heterocycles. The summed E-state index contributed by atoms with van der Waals surface area (Å²) in [4.78, 5) is 2.32. The first kappa shape index (κ1) is 11.9. The molecule has 1 saturated heterocycles. The quantitative estimate of drug-likeness (QED) is 0.906. The summed E-state index contributed by atoms with van der Waals surface area (Å²) in [5.74, 6) is 0.348. The van der Waals surface area contributed by atoms with Crippen molar-refractivity contribution < 1.29 is 9.84 Å². The van der Waals surface area contributed by atoms with Crippen molar-refractivity contribution in [2.45, 2.75) is 19.5 Å². The van der Waals surface area contributed by atoms with Gasteiger partial charge in [0.25, 0.3) is 0 Å². The van der Waals surface area contributed by atoms with Gasteiger partial charge in [0.2, 0.25) is 0 Å². The van der Waals surface area contributed by atoms with Crippen LogP contribution in [0.5, 0.6) is 5.75 Å². The van der Waals surface area contributed by atoms with E-state index in [9.17, 15) is 5.11 Å². The van der Waals surface area contributed by atoms with Crippen LogP contribution in [-0.2, 0) is 11.3 Å². The first-order valence-electron chi connectivity index (χ1n) is 5.46. The lowest BCUT2D eigenvalue weighted by atomic mass is 10.1. The maximum atomic E-state index is 9.91. The molecule has 0 bridgehead atoms. The molecule has 1 fully saturated rings. The van der Waals surface area contributed by atoms with Gasteiger partial charge in [-0.15, -0.1) is 0 Å². The number of halogens is 1. The van der Waals surface area contributed by atoms with Crippen LogP contribution in [0.1, 0.15) is 12.5 Å². The van der Waals surface area contributed by atoms with Crippen LogP contribution in [0.15, 0.2) is 22.7 Å². The fourth-order valence-corrected chi connectivity index (χ4v) is 2.31. The third-order valence-electron chi connectivity index (χ3n) is 2.95. The van der Waals surface area contributed by atoms with Gasteiger partial charge in [0.05, 0.1) is 17.7 Å². The highest BCUT2D eigenvalue weighted by atomic mass is 79.9. The molecule has 2 rings (SSSR count). The average Bonchev–Trinajstić information content (AvgIpc) is 2.28. The number of hydrogen-bond donors (Lipinski definition) is 1. The number of para-hydroxylation sites is 1. The van der Waals surface area contributed by atoms with E-state index in [2.05, 4.69) is 27.8 Å². The molecule has 1 atom stereocenters. The van der Waals surface area contributed by atoms with E-state index in [1.165, 1.54) is 0 Å². The molecule has 1 aromatic rings. The number of phenols is 1. The molecule has 1 aliphatic rings. The Balaban J connectivity index is 2.10. The van der Waals surface area contributed by atoms with Crippen LogP contribution in [0.25, 0.3) is 0 Å². The van der Waals surface area contributed by atoms with Crippen molar-refractivity contribution in [1.82, 2.24) is 4.90 Å². The number of nitrogens with zero attached hydrogens (tertiary/aromatic N) is 1. The van der Waals surface area contributed by atoms with Crippen LogP contribution in [0.2, 0.25) is 0 Å². The predicted octanol–water partition coefficient (Wildman–Crippen LogP) is 2.38. The minimum Gasteiger partial charge on any atom is -0.506 e. The summed E-state index contributed by atoms with van der Waals surface area (Å²) < 4.78 is 6.15. The van der Waals surface area contributed by atoms with Crippen LogP contribution in [0.4, 0.5) is 0 Å². The van der Waals surface area contributed by atoms with Crippen molar-refractivity contribution >= 4 is 15.9 Å². The number of benzene rings is 1. The van der Waals surface area contributed by atoms with Gasteiger partial charge in [-0.3, -0.25) is 4.90 Å². The number of rotatable bonds is 2. The van der Waals surface area contributed by atoms with E-state index in [4.69, 9.17) is 4.74 Å². The van der Waals surface area contributed by atoms with Gasteiger partial charge in [-0.1, -0.05) is 12.1 Å². The standard InChI is InChI=1S/C12H16BrNO2/c1-9-8-16-6-5-14(9)7-10-3-2-4-11(13)12(10)15/h2-4,9,15H,5-8H2,1H3. The topological polar surface area (TPSA) is 32.7 Å². The number of ether oxygens (including phenoxy) is 1. The highest BCUT2D eigenvalue weighted by Gasteiger charge is 2.20. The lowest BCUT2D eigenvalue weighted by Gasteiger charge is -2.33. The van der Waals surface area contributed by atoms with Crippen molar-refractivity contribution in [1.29, 1.82) is 0 Å². The van der Waals surface area contributed by atoms with E-state index in [1.54, 1.807) is 0 Å². The van der Waals surface area contributed by atoms with Crippen LogP contribution in [0, 0.1) is 0 Å². The molecule has 0 saturated carbocycles. The third-order valence-corrected chi connectivity index (χ3v) is 3.59. The fourth-order valence-electron chi connectivity index (χ4n) is 1.90. The van der Waals surface area contributed by atoms with Crippen LogP contribution in [-0.4, -0.2) is 35.8 Å². The van der Waals surface area contributed by atoms with Gasteiger partial charge in [-0.25, -0.2) is 0 Å². The molecule has 0 spiro atoms. The van der Waals surface area contributed by atoms with Gasteiger partial charge in [-0.05, 0) is 28.9 Å². The second-order valence-corrected chi connectivity index (χ2v) is 5.00. The number of morpholine rings is 1. The maximum Gasteiger partial charge on any atom is 0.134 e. The molecule has 1 aromatic carbocycles. The highest BCUT2D eigenvalue weighted by molar-refractivity contribution is 9.10. The monoisotopic (exact) mass is 285 g/mol. The Hall–Kier alpha value is -0.580. The van der Waals surface area contributed by atoms with Crippen molar-refractivity contribution in [3.05, 3.63) is 28.2 Å². The van der Waals surface area contributed by atoms with Crippen LogP contribution >= 0.6 is 15.9 Å². The largest absolute Gasteiger partial charge is 0.506 e. The summed E-state index contributed by atoms with van der Waals surface area (Å²) in [6.45, 7) is 5.39. The number of aromatic hydroxyl groups is 1. The van der Waals surface area contributed by atoms with Crippen LogP contribution in [0.3, 0.4) is 0 Å².